The first kappa shape index (κ1) is 16.3. The number of benzene rings is 1. The summed E-state index contributed by atoms with van der Waals surface area (Å²) in [6.45, 7) is 7.92. The maximum Gasteiger partial charge on any atom is 0.193 e. The van der Waals surface area contributed by atoms with E-state index in [1.54, 1.807) is 0 Å². The van der Waals surface area contributed by atoms with Crippen molar-refractivity contribution < 1.29 is 0 Å². The highest BCUT2D eigenvalue weighted by molar-refractivity contribution is 5.80. The minimum absolute atomic E-state index is 0.730. The van der Waals surface area contributed by atoms with Gasteiger partial charge >= 0.3 is 0 Å². The molecule has 0 aliphatic carbocycles. The van der Waals surface area contributed by atoms with Crippen LogP contribution in [-0.2, 0) is 6.42 Å². The first-order chi connectivity index (χ1) is 11.3. The van der Waals surface area contributed by atoms with Crippen LogP contribution in [0.5, 0.6) is 0 Å². The molecule has 0 aromatic heterocycles. The molecule has 2 fully saturated rings. The number of nitrogens with one attached hydrogen (secondary N) is 1. The van der Waals surface area contributed by atoms with Gasteiger partial charge in [-0.15, -0.1) is 0 Å². The molecule has 0 saturated carbocycles. The molecule has 1 unspecified atom stereocenters. The predicted molar refractivity (Wildman–Crippen MR) is 97.0 cm³/mol. The maximum absolute atomic E-state index is 4.49. The lowest BCUT2D eigenvalue weighted by Crippen LogP contribution is -2.43. The number of hydrogen-bond acceptors (Lipinski definition) is 2. The van der Waals surface area contributed by atoms with E-state index in [0.717, 1.165) is 38.1 Å². The fourth-order valence-electron chi connectivity index (χ4n) is 3.74. The van der Waals surface area contributed by atoms with Crippen molar-refractivity contribution in [3.63, 3.8) is 0 Å². The lowest BCUT2D eigenvalue weighted by Gasteiger charge is -2.25. The van der Waals surface area contributed by atoms with Crippen molar-refractivity contribution in [3.8, 4) is 0 Å². The van der Waals surface area contributed by atoms with Gasteiger partial charge in [0.15, 0.2) is 5.96 Å². The van der Waals surface area contributed by atoms with E-state index in [2.05, 4.69) is 51.3 Å². The van der Waals surface area contributed by atoms with Gasteiger partial charge in [0.2, 0.25) is 0 Å². The zero-order valence-electron chi connectivity index (χ0n) is 14.6. The predicted octanol–water partition coefficient (Wildman–Crippen LogP) is 2.28. The van der Waals surface area contributed by atoms with E-state index in [-0.39, 0.29) is 0 Å². The Hall–Kier alpha value is -1.55. The topological polar surface area (TPSA) is 30.9 Å². The highest BCUT2D eigenvalue weighted by Gasteiger charge is 2.30. The van der Waals surface area contributed by atoms with Gasteiger partial charge in [0.1, 0.15) is 0 Å². The molecule has 4 nitrogen and oxygen atoms in total. The van der Waals surface area contributed by atoms with Crippen molar-refractivity contribution in [3.05, 3.63) is 35.4 Å². The van der Waals surface area contributed by atoms with Gasteiger partial charge in [-0.05, 0) is 51.3 Å². The van der Waals surface area contributed by atoms with Gasteiger partial charge < -0.3 is 10.2 Å². The van der Waals surface area contributed by atoms with Crippen molar-refractivity contribution in [1.29, 1.82) is 0 Å². The Morgan fingerprint density at radius 2 is 1.91 bits per heavy atom. The van der Waals surface area contributed by atoms with Crippen LogP contribution in [-0.4, -0.2) is 61.6 Å². The zero-order chi connectivity index (χ0) is 16.1. The fourth-order valence-corrected chi connectivity index (χ4v) is 3.74. The number of guanidine groups is 1. The average molecular weight is 314 g/mol. The molecule has 2 aliphatic heterocycles. The van der Waals surface area contributed by atoms with Gasteiger partial charge in [0.25, 0.3) is 0 Å². The number of likely N-dealkylation sites (tertiary alicyclic amines) is 2. The van der Waals surface area contributed by atoms with Crippen molar-refractivity contribution >= 4 is 5.96 Å². The van der Waals surface area contributed by atoms with Crippen molar-refractivity contribution in [2.75, 3.05) is 39.8 Å². The van der Waals surface area contributed by atoms with Gasteiger partial charge in [0.05, 0.1) is 0 Å². The minimum Gasteiger partial charge on any atom is -0.356 e. The zero-order valence-corrected chi connectivity index (χ0v) is 14.6. The van der Waals surface area contributed by atoms with E-state index in [1.165, 1.54) is 43.5 Å². The Bertz CT molecular complexity index is 517. The third-order valence-electron chi connectivity index (χ3n) is 5.15. The summed E-state index contributed by atoms with van der Waals surface area (Å²) in [5.74, 6) is 1.07. The molecule has 3 rings (SSSR count). The molecular formula is C19H30N4. The SMILES string of the molecule is CN=C(NCCc1ccc(C)cc1)N1CCC(N2CCCC2)C1. The molecule has 0 amide bonds. The molecule has 2 saturated heterocycles. The second-order valence-corrected chi connectivity index (χ2v) is 6.84. The van der Waals surface area contributed by atoms with Gasteiger partial charge in [0, 0.05) is 32.7 Å². The van der Waals surface area contributed by atoms with Gasteiger partial charge in [-0.1, -0.05) is 29.8 Å². The van der Waals surface area contributed by atoms with Crippen LogP contribution < -0.4 is 5.32 Å². The average Bonchev–Trinajstić information content (AvgIpc) is 3.24. The fraction of sp³-hybridized carbons (Fsp3) is 0.632. The van der Waals surface area contributed by atoms with Crippen molar-refractivity contribution in [2.24, 2.45) is 4.99 Å². The lowest BCUT2D eigenvalue weighted by molar-refractivity contribution is 0.249. The number of aliphatic imine (C=N–C) groups is 1. The molecular weight excluding hydrogens is 284 g/mol. The molecule has 126 valence electrons. The number of aryl methyl sites for hydroxylation is 1. The number of nitrogens with zero attached hydrogens (tertiary/aromatic N) is 3. The maximum atomic E-state index is 4.49. The largest absolute Gasteiger partial charge is 0.356 e. The summed E-state index contributed by atoms with van der Waals surface area (Å²) in [5, 5.41) is 3.54. The molecule has 1 atom stereocenters. The van der Waals surface area contributed by atoms with Crippen LogP contribution in [0.4, 0.5) is 0 Å². The summed E-state index contributed by atoms with van der Waals surface area (Å²) in [4.78, 5) is 9.58. The Balaban J connectivity index is 1.45. The molecule has 0 spiro atoms. The molecule has 4 heteroatoms. The molecule has 0 bridgehead atoms. The van der Waals surface area contributed by atoms with Gasteiger partial charge in [-0.3, -0.25) is 9.89 Å². The molecule has 2 heterocycles. The van der Waals surface area contributed by atoms with Crippen LogP contribution in [0.15, 0.2) is 29.3 Å². The van der Waals surface area contributed by atoms with Crippen LogP contribution in [0.2, 0.25) is 0 Å². The summed E-state index contributed by atoms with van der Waals surface area (Å²) >= 11 is 0. The van der Waals surface area contributed by atoms with E-state index >= 15 is 0 Å². The quantitative estimate of drug-likeness (QED) is 0.683. The van der Waals surface area contributed by atoms with Gasteiger partial charge in [-0.25, -0.2) is 0 Å². The molecule has 23 heavy (non-hydrogen) atoms. The van der Waals surface area contributed by atoms with Crippen LogP contribution in [0.1, 0.15) is 30.4 Å². The Labute approximate surface area is 140 Å². The molecule has 0 radical (unpaired) electrons. The molecule has 1 N–H and O–H groups in total. The summed E-state index contributed by atoms with van der Waals surface area (Å²) in [6.07, 6.45) is 5.07. The second kappa shape index (κ2) is 7.82. The van der Waals surface area contributed by atoms with E-state index < -0.39 is 0 Å². The monoisotopic (exact) mass is 314 g/mol. The van der Waals surface area contributed by atoms with E-state index in [0.29, 0.717) is 0 Å². The highest BCUT2D eigenvalue weighted by Crippen LogP contribution is 2.20. The third kappa shape index (κ3) is 4.25. The molecule has 2 aliphatic rings. The summed E-state index contributed by atoms with van der Waals surface area (Å²) in [7, 11) is 1.90. The van der Waals surface area contributed by atoms with Crippen LogP contribution in [0, 0.1) is 6.92 Å². The Kier molecular flexibility index (Phi) is 5.55. The summed E-state index contributed by atoms with van der Waals surface area (Å²) in [6, 6.07) is 9.54. The first-order valence-electron chi connectivity index (χ1n) is 9.01. The normalized spacial score (nSPS) is 22.8. The number of rotatable bonds is 4. The molecule has 1 aromatic carbocycles. The standard InChI is InChI=1S/C19H30N4/c1-16-5-7-17(8-6-16)9-11-21-19(20-2)23-14-10-18(15-23)22-12-3-4-13-22/h5-8,18H,3-4,9-15H2,1-2H3,(H,20,21). The summed E-state index contributed by atoms with van der Waals surface area (Å²) in [5.41, 5.74) is 2.71. The van der Waals surface area contributed by atoms with Crippen LogP contribution in [0.25, 0.3) is 0 Å². The highest BCUT2D eigenvalue weighted by atomic mass is 15.3. The molecule has 1 aromatic rings. The Morgan fingerprint density at radius 1 is 1.17 bits per heavy atom. The van der Waals surface area contributed by atoms with E-state index in [9.17, 15) is 0 Å². The second-order valence-electron chi connectivity index (χ2n) is 6.84. The van der Waals surface area contributed by atoms with Crippen LogP contribution >= 0.6 is 0 Å². The summed E-state index contributed by atoms with van der Waals surface area (Å²) < 4.78 is 0. The lowest BCUT2D eigenvalue weighted by atomic mass is 10.1. The van der Waals surface area contributed by atoms with Crippen molar-refractivity contribution in [1.82, 2.24) is 15.1 Å². The smallest absolute Gasteiger partial charge is 0.193 e. The van der Waals surface area contributed by atoms with Gasteiger partial charge in [-0.2, -0.15) is 0 Å². The van der Waals surface area contributed by atoms with E-state index in [1.807, 2.05) is 7.05 Å². The first-order valence-corrected chi connectivity index (χ1v) is 9.01. The van der Waals surface area contributed by atoms with Crippen LogP contribution in [0.3, 0.4) is 0 Å². The minimum atomic E-state index is 0.730. The van der Waals surface area contributed by atoms with E-state index in [4.69, 9.17) is 0 Å². The Morgan fingerprint density at radius 3 is 2.61 bits per heavy atom. The number of hydrogen-bond donors (Lipinski definition) is 1. The third-order valence-corrected chi connectivity index (χ3v) is 5.15. The van der Waals surface area contributed by atoms with Crippen molar-refractivity contribution in [2.45, 2.75) is 38.6 Å².